The van der Waals surface area contributed by atoms with Gasteiger partial charge in [-0.3, -0.25) is 0 Å². The maximum atomic E-state index is 5.87. The lowest BCUT2D eigenvalue weighted by molar-refractivity contribution is 0.788. The highest BCUT2D eigenvalue weighted by Gasteiger charge is 2.38. The van der Waals surface area contributed by atoms with Crippen LogP contribution in [0, 0.1) is 12.1 Å². The van der Waals surface area contributed by atoms with Crippen LogP contribution in [0.4, 0.5) is 0 Å². The van der Waals surface area contributed by atoms with Gasteiger partial charge in [0.2, 0.25) is 0 Å². The van der Waals surface area contributed by atoms with E-state index in [1.165, 1.54) is 0 Å². The summed E-state index contributed by atoms with van der Waals surface area (Å²) in [6, 6.07) is 0. The van der Waals surface area contributed by atoms with Crippen molar-refractivity contribution in [2.75, 3.05) is 6.66 Å². The van der Waals surface area contributed by atoms with Crippen molar-refractivity contribution >= 4 is 14.7 Å². The standard InChI is InChI=1S/C7H13BP/c1-6-9(5,8)7(2,3)4/h1H,2-5H3/q+1. The third kappa shape index (κ3) is 2.03. The van der Waals surface area contributed by atoms with Gasteiger partial charge in [0.15, 0.2) is 0 Å². The Morgan fingerprint density at radius 1 is 1.44 bits per heavy atom. The van der Waals surface area contributed by atoms with Gasteiger partial charge in [-0.15, -0.1) is 0 Å². The fourth-order valence-corrected chi connectivity index (χ4v) is 0.581. The maximum Gasteiger partial charge on any atom is 0.381 e. The topological polar surface area (TPSA) is 0 Å². The first-order valence-electron chi connectivity index (χ1n) is 2.94. The smallest absolute Gasteiger partial charge is 0.0786 e. The molecule has 1 atom stereocenters. The largest absolute Gasteiger partial charge is 0.381 e. The minimum Gasteiger partial charge on any atom is -0.0786 e. The Hall–Kier alpha value is 0.0549. The molecule has 0 aliphatic rings. The summed E-state index contributed by atoms with van der Waals surface area (Å²) in [7, 11) is 4.29. The molecule has 2 radical (unpaired) electrons. The normalized spacial score (nSPS) is 18.1. The second-order valence-electron chi connectivity index (χ2n) is 3.38. The van der Waals surface area contributed by atoms with Crippen molar-refractivity contribution in [1.29, 1.82) is 0 Å². The van der Waals surface area contributed by atoms with Gasteiger partial charge in [-0.2, -0.15) is 0 Å². The summed E-state index contributed by atoms with van der Waals surface area (Å²) in [6.07, 6.45) is 5.27. The summed E-state index contributed by atoms with van der Waals surface area (Å²) >= 11 is 0. The van der Waals surface area contributed by atoms with Gasteiger partial charge in [0.05, 0.1) is 10.8 Å². The van der Waals surface area contributed by atoms with Crippen molar-refractivity contribution in [1.82, 2.24) is 0 Å². The van der Waals surface area contributed by atoms with Gasteiger partial charge < -0.3 is 0 Å². The van der Waals surface area contributed by atoms with Crippen molar-refractivity contribution in [3.8, 4) is 12.1 Å². The molecule has 0 heterocycles. The molecule has 48 valence electrons. The molecule has 0 saturated carbocycles. The Balaban J connectivity index is 4.39. The number of hydrogen-bond acceptors (Lipinski definition) is 0. The fraction of sp³-hybridized carbons (Fsp3) is 0.714. The van der Waals surface area contributed by atoms with Crippen LogP contribution < -0.4 is 0 Å². The average molecular weight is 139 g/mol. The summed E-state index contributed by atoms with van der Waals surface area (Å²) in [5, 5.41) is 0.0990. The molecule has 0 amide bonds. The first-order valence-corrected chi connectivity index (χ1v) is 5.25. The zero-order valence-corrected chi connectivity index (χ0v) is 7.50. The second kappa shape index (κ2) is 2.35. The van der Waals surface area contributed by atoms with Gasteiger partial charge >= 0.3 is 7.57 Å². The van der Waals surface area contributed by atoms with Crippen LogP contribution in [0.3, 0.4) is 0 Å². The number of terminal acetylenes is 1. The number of rotatable bonds is 0. The van der Waals surface area contributed by atoms with Crippen molar-refractivity contribution in [2.45, 2.75) is 25.9 Å². The van der Waals surface area contributed by atoms with Crippen LogP contribution in [0.25, 0.3) is 0 Å². The molecule has 2 heteroatoms. The van der Waals surface area contributed by atoms with Crippen LogP contribution >= 0.6 is 7.14 Å². The SMILES string of the molecule is [B][P+](C)(C#C)C(C)(C)C. The molecule has 0 aliphatic carbocycles. The maximum absolute atomic E-state index is 5.87. The molecule has 0 rings (SSSR count). The third-order valence-corrected chi connectivity index (χ3v) is 4.99. The van der Waals surface area contributed by atoms with Gasteiger partial charge in [-0.25, -0.2) is 0 Å². The van der Waals surface area contributed by atoms with Crippen LogP contribution in [0.15, 0.2) is 0 Å². The van der Waals surface area contributed by atoms with Gasteiger partial charge in [-0.05, 0) is 20.8 Å². The van der Waals surface area contributed by atoms with Crippen LogP contribution in [0.2, 0.25) is 0 Å². The van der Waals surface area contributed by atoms with E-state index in [2.05, 4.69) is 26.4 Å². The second-order valence-corrected chi connectivity index (χ2v) is 7.13. The molecule has 9 heavy (non-hydrogen) atoms. The van der Waals surface area contributed by atoms with Gasteiger partial charge in [0.1, 0.15) is 0 Å². The third-order valence-electron chi connectivity index (χ3n) is 1.66. The molecule has 0 aromatic carbocycles. The monoisotopic (exact) mass is 139 g/mol. The van der Waals surface area contributed by atoms with Crippen molar-refractivity contribution in [3.63, 3.8) is 0 Å². The average Bonchev–Trinajstić information content (AvgIpc) is 1.64. The Morgan fingerprint density at radius 3 is 1.78 bits per heavy atom. The van der Waals surface area contributed by atoms with E-state index >= 15 is 0 Å². The Labute approximate surface area is 60.1 Å². The molecule has 0 aromatic rings. The van der Waals surface area contributed by atoms with E-state index in [0.29, 0.717) is 0 Å². The highest BCUT2D eigenvalue weighted by Crippen LogP contribution is 2.60. The minimum absolute atomic E-state index is 0.0990. The first-order chi connectivity index (χ1) is 3.81. The quantitative estimate of drug-likeness (QED) is 0.274. The summed E-state index contributed by atoms with van der Waals surface area (Å²) in [5.74, 6) is 0. The van der Waals surface area contributed by atoms with E-state index < -0.39 is 7.14 Å². The first kappa shape index (κ1) is 9.05. The zero-order valence-electron chi connectivity index (χ0n) is 6.60. The summed E-state index contributed by atoms with van der Waals surface area (Å²) in [5.41, 5.74) is 2.67. The molecule has 1 unspecified atom stereocenters. The highest BCUT2D eigenvalue weighted by atomic mass is 31.2. The summed E-state index contributed by atoms with van der Waals surface area (Å²) in [4.78, 5) is 0. The van der Waals surface area contributed by atoms with E-state index in [9.17, 15) is 0 Å². The summed E-state index contributed by atoms with van der Waals surface area (Å²) in [6.45, 7) is 8.23. The van der Waals surface area contributed by atoms with E-state index in [4.69, 9.17) is 14.0 Å². The van der Waals surface area contributed by atoms with Gasteiger partial charge in [0, 0.05) is 13.8 Å². The number of hydrogen-bond donors (Lipinski definition) is 0. The Kier molecular flexibility index (Phi) is 2.37. The molecule has 0 N–H and O–H groups in total. The lowest BCUT2D eigenvalue weighted by Gasteiger charge is -2.26. The van der Waals surface area contributed by atoms with E-state index in [1.807, 2.05) is 6.66 Å². The zero-order chi connectivity index (χ0) is 7.71. The van der Waals surface area contributed by atoms with Crippen LogP contribution in [0.1, 0.15) is 20.8 Å². The van der Waals surface area contributed by atoms with Gasteiger partial charge in [0.25, 0.3) is 0 Å². The highest BCUT2D eigenvalue weighted by molar-refractivity contribution is 8.01. The molecule has 0 aromatic heterocycles. The summed E-state index contributed by atoms with van der Waals surface area (Å²) < 4.78 is 0. The predicted octanol–water partition coefficient (Wildman–Crippen LogP) is 2.11. The van der Waals surface area contributed by atoms with Crippen LogP contribution in [-0.4, -0.2) is 19.4 Å². The van der Waals surface area contributed by atoms with Gasteiger partial charge in [-0.1, -0.05) is 6.42 Å². The van der Waals surface area contributed by atoms with Crippen LogP contribution in [0.5, 0.6) is 0 Å². The van der Waals surface area contributed by atoms with E-state index in [-0.39, 0.29) is 5.16 Å². The molecule has 0 fully saturated rings. The Bertz CT molecular complexity index is 136. The fourth-order valence-electron chi connectivity index (χ4n) is 0.194. The molecule has 0 spiro atoms. The van der Waals surface area contributed by atoms with E-state index in [1.54, 1.807) is 0 Å². The predicted molar refractivity (Wildman–Crippen MR) is 47.2 cm³/mol. The van der Waals surface area contributed by atoms with Crippen LogP contribution in [-0.2, 0) is 0 Å². The van der Waals surface area contributed by atoms with Crippen molar-refractivity contribution < 1.29 is 0 Å². The molecule has 0 bridgehead atoms. The molecular formula is C7H13BP+. The molecule has 0 saturated heterocycles. The lowest BCUT2D eigenvalue weighted by atomic mass is 10.3. The lowest BCUT2D eigenvalue weighted by Crippen LogP contribution is -2.17. The molecule has 0 nitrogen and oxygen atoms in total. The van der Waals surface area contributed by atoms with Crippen molar-refractivity contribution in [3.05, 3.63) is 0 Å². The van der Waals surface area contributed by atoms with E-state index in [0.717, 1.165) is 0 Å². The minimum atomic E-state index is -1.58. The van der Waals surface area contributed by atoms with Crippen molar-refractivity contribution in [2.24, 2.45) is 0 Å². The molecule has 0 aliphatic heterocycles. The molecular weight excluding hydrogens is 126 g/mol. The Morgan fingerprint density at radius 2 is 1.78 bits per heavy atom.